The Balaban J connectivity index is 1.67. The van der Waals surface area contributed by atoms with Crippen molar-refractivity contribution in [1.29, 1.82) is 0 Å². The van der Waals surface area contributed by atoms with E-state index in [4.69, 9.17) is 21.1 Å². The van der Waals surface area contributed by atoms with Crippen molar-refractivity contribution in [1.82, 2.24) is 14.9 Å². The molecule has 1 fully saturated rings. The molecular formula is C21H25ClF2N4O3. The number of rotatable bonds is 4. The third kappa shape index (κ3) is 5.94. The van der Waals surface area contributed by atoms with E-state index >= 15 is 0 Å². The lowest BCUT2D eigenvalue weighted by molar-refractivity contribution is 0.0158. The number of ether oxygens (including phenoxy) is 2. The van der Waals surface area contributed by atoms with Crippen LogP contribution in [-0.2, 0) is 11.3 Å². The fraction of sp³-hybridized carbons (Fsp3) is 0.476. The highest BCUT2D eigenvalue weighted by Gasteiger charge is 2.32. The molecule has 0 aliphatic carbocycles. The maximum atomic E-state index is 14.4. The zero-order valence-electron chi connectivity index (χ0n) is 17.9. The zero-order valence-corrected chi connectivity index (χ0v) is 18.6. The molecule has 0 spiro atoms. The van der Waals surface area contributed by atoms with E-state index in [9.17, 15) is 13.6 Å². The fourth-order valence-corrected chi connectivity index (χ4v) is 3.32. The maximum Gasteiger partial charge on any atom is 0.410 e. The van der Waals surface area contributed by atoms with Gasteiger partial charge in [-0.05, 0) is 39.8 Å². The molecule has 1 amide bonds. The molecular weight excluding hydrogens is 430 g/mol. The largest absolute Gasteiger partial charge is 0.458 e. The Morgan fingerprint density at radius 3 is 2.65 bits per heavy atom. The van der Waals surface area contributed by atoms with E-state index in [0.29, 0.717) is 19.6 Å². The first-order valence-electron chi connectivity index (χ1n) is 9.87. The van der Waals surface area contributed by atoms with Gasteiger partial charge >= 0.3 is 12.1 Å². The summed E-state index contributed by atoms with van der Waals surface area (Å²) >= 11 is 5.75. The summed E-state index contributed by atoms with van der Waals surface area (Å²) < 4.78 is 39.2. The summed E-state index contributed by atoms with van der Waals surface area (Å²) in [7, 11) is 0. The summed E-state index contributed by atoms with van der Waals surface area (Å²) in [6.45, 7) is 8.22. The van der Waals surface area contributed by atoms with Crippen LogP contribution in [0.4, 0.5) is 19.4 Å². The Labute approximate surface area is 184 Å². The van der Waals surface area contributed by atoms with Gasteiger partial charge in [-0.1, -0.05) is 17.7 Å². The Hall–Kier alpha value is -2.68. The van der Waals surface area contributed by atoms with Gasteiger partial charge in [0, 0.05) is 36.3 Å². The van der Waals surface area contributed by atoms with E-state index in [1.54, 1.807) is 36.6 Å². The molecule has 7 nitrogen and oxygen atoms in total. The summed E-state index contributed by atoms with van der Waals surface area (Å²) in [4.78, 5) is 23.7. The molecule has 0 unspecified atom stereocenters. The first-order chi connectivity index (χ1) is 14.5. The van der Waals surface area contributed by atoms with E-state index in [1.165, 1.54) is 12.1 Å². The minimum absolute atomic E-state index is 0.0669. The predicted octanol–water partition coefficient (Wildman–Crippen LogP) is 4.43. The van der Waals surface area contributed by atoms with E-state index in [2.05, 4.69) is 9.97 Å². The average Bonchev–Trinajstić information content (AvgIpc) is 2.67. The second kappa shape index (κ2) is 9.21. The van der Waals surface area contributed by atoms with Gasteiger partial charge in [-0.3, -0.25) is 0 Å². The number of hydrogen-bond donors (Lipinski definition) is 0. The van der Waals surface area contributed by atoms with Gasteiger partial charge in [-0.25, -0.2) is 18.6 Å². The third-order valence-electron chi connectivity index (χ3n) is 4.63. The van der Waals surface area contributed by atoms with Crippen LogP contribution in [-0.4, -0.2) is 52.2 Å². The maximum absolute atomic E-state index is 14.4. The molecule has 1 aliphatic rings. The molecule has 2 aromatic rings. The molecule has 168 valence electrons. The number of nitrogens with zero attached hydrogens (tertiary/aromatic N) is 4. The topological polar surface area (TPSA) is 67.8 Å². The molecule has 0 N–H and O–H groups in total. The summed E-state index contributed by atoms with van der Waals surface area (Å²) in [5, 5.41) is 0.279. The van der Waals surface area contributed by atoms with Crippen molar-refractivity contribution in [3.05, 3.63) is 46.6 Å². The molecule has 0 bridgehead atoms. The van der Waals surface area contributed by atoms with E-state index in [0.717, 1.165) is 6.20 Å². The molecule has 31 heavy (non-hydrogen) atoms. The summed E-state index contributed by atoms with van der Waals surface area (Å²) in [5.41, 5.74) is -0.318. The van der Waals surface area contributed by atoms with Crippen LogP contribution in [0.1, 0.15) is 33.3 Å². The SMILES string of the molecule is C[C@H]1CN(c2nc(OCc3ccc(Cl)cc3F)ncc2F)CCN1C(=O)OC(C)(C)C. The Morgan fingerprint density at radius 2 is 2.00 bits per heavy atom. The van der Waals surface area contributed by atoms with Crippen LogP contribution in [0, 0.1) is 11.6 Å². The molecule has 1 saturated heterocycles. The first kappa shape index (κ1) is 23.0. The molecule has 10 heteroatoms. The molecule has 3 rings (SSSR count). The van der Waals surface area contributed by atoms with Crippen molar-refractivity contribution in [2.24, 2.45) is 0 Å². The van der Waals surface area contributed by atoms with Crippen LogP contribution in [0.5, 0.6) is 6.01 Å². The Kier molecular flexibility index (Phi) is 6.83. The summed E-state index contributed by atoms with van der Waals surface area (Å²) in [5.74, 6) is -1.05. The van der Waals surface area contributed by atoms with Crippen LogP contribution in [0.3, 0.4) is 0 Å². The lowest BCUT2D eigenvalue weighted by atomic mass is 10.2. The number of amides is 1. The summed E-state index contributed by atoms with van der Waals surface area (Å²) in [6.07, 6.45) is 0.609. The number of aromatic nitrogens is 2. The van der Waals surface area contributed by atoms with Gasteiger partial charge < -0.3 is 19.3 Å². The van der Waals surface area contributed by atoms with Gasteiger partial charge in [-0.2, -0.15) is 4.98 Å². The Morgan fingerprint density at radius 1 is 1.26 bits per heavy atom. The smallest absolute Gasteiger partial charge is 0.410 e. The standard InChI is InChI=1S/C21H25ClF2N4O3/c1-13-11-27(7-8-28(13)20(29)31-21(2,3)4)18-17(24)10-25-19(26-18)30-12-14-5-6-15(22)9-16(14)23/h5-6,9-10,13H,7-8,11-12H2,1-4H3/t13-/m0/s1. The van der Waals surface area contributed by atoms with Gasteiger partial charge in [0.15, 0.2) is 11.6 Å². The number of carbonyl (C=O) groups excluding carboxylic acids is 1. The molecule has 1 atom stereocenters. The number of piperazine rings is 1. The minimum Gasteiger partial charge on any atom is -0.458 e. The van der Waals surface area contributed by atoms with Gasteiger partial charge in [0.25, 0.3) is 0 Å². The van der Waals surface area contributed by atoms with Crippen molar-refractivity contribution >= 4 is 23.5 Å². The van der Waals surface area contributed by atoms with E-state index in [1.807, 2.05) is 6.92 Å². The minimum atomic E-state index is -0.608. The lowest BCUT2D eigenvalue weighted by Crippen LogP contribution is -2.55. The molecule has 1 aromatic carbocycles. The molecule has 0 radical (unpaired) electrons. The highest BCUT2D eigenvalue weighted by atomic mass is 35.5. The predicted molar refractivity (Wildman–Crippen MR) is 112 cm³/mol. The normalized spacial score (nSPS) is 16.9. The lowest BCUT2D eigenvalue weighted by Gasteiger charge is -2.40. The quantitative estimate of drug-likeness (QED) is 0.680. The first-order valence-corrected chi connectivity index (χ1v) is 10.2. The van der Waals surface area contributed by atoms with Crippen molar-refractivity contribution in [3.8, 4) is 6.01 Å². The van der Waals surface area contributed by atoms with Gasteiger partial charge in [0.05, 0.1) is 6.20 Å². The van der Waals surface area contributed by atoms with Gasteiger partial charge in [0.1, 0.15) is 18.0 Å². The van der Waals surface area contributed by atoms with Crippen molar-refractivity contribution in [3.63, 3.8) is 0 Å². The van der Waals surface area contributed by atoms with E-state index in [-0.39, 0.29) is 35.1 Å². The summed E-state index contributed by atoms with van der Waals surface area (Å²) in [6, 6.07) is 3.94. The number of benzene rings is 1. The number of hydrogen-bond acceptors (Lipinski definition) is 6. The van der Waals surface area contributed by atoms with E-state index < -0.39 is 23.3 Å². The van der Waals surface area contributed by atoms with Crippen LogP contribution in [0.15, 0.2) is 24.4 Å². The highest BCUT2D eigenvalue weighted by Crippen LogP contribution is 2.24. The van der Waals surface area contributed by atoms with Crippen LogP contribution in [0.25, 0.3) is 0 Å². The number of halogens is 3. The third-order valence-corrected chi connectivity index (χ3v) is 4.87. The van der Waals surface area contributed by atoms with Crippen LogP contribution < -0.4 is 9.64 Å². The average molecular weight is 455 g/mol. The number of carbonyl (C=O) groups is 1. The number of anilines is 1. The van der Waals surface area contributed by atoms with Gasteiger partial charge in [-0.15, -0.1) is 0 Å². The van der Waals surface area contributed by atoms with Crippen LogP contribution >= 0.6 is 11.6 Å². The fourth-order valence-electron chi connectivity index (χ4n) is 3.16. The highest BCUT2D eigenvalue weighted by molar-refractivity contribution is 6.30. The van der Waals surface area contributed by atoms with Gasteiger partial charge in [0.2, 0.25) is 0 Å². The monoisotopic (exact) mass is 454 g/mol. The second-order valence-corrected chi connectivity index (χ2v) is 8.75. The van der Waals surface area contributed by atoms with Crippen molar-refractivity contribution in [2.75, 3.05) is 24.5 Å². The molecule has 1 aromatic heterocycles. The second-order valence-electron chi connectivity index (χ2n) is 8.32. The molecule has 2 heterocycles. The van der Waals surface area contributed by atoms with Crippen molar-refractivity contribution in [2.45, 2.75) is 45.9 Å². The van der Waals surface area contributed by atoms with Crippen LogP contribution in [0.2, 0.25) is 5.02 Å². The zero-order chi connectivity index (χ0) is 22.8. The van der Waals surface area contributed by atoms with Crippen molar-refractivity contribution < 1.29 is 23.0 Å². The molecule has 0 saturated carbocycles. The Bertz CT molecular complexity index is 955. The molecule has 1 aliphatic heterocycles.